The molecule has 38 heavy (non-hydrogen) atoms. The van der Waals surface area contributed by atoms with Crippen molar-refractivity contribution in [1.82, 2.24) is 4.90 Å². The fourth-order valence-electron chi connectivity index (χ4n) is 5.18. The van der Waals surface area contributed by atoms with Crippen LogP contribution < -0.4 is 10.4 Å². The highest BCUT2D eigenvalue weighted by atomic mass is 127. The highest BCUT2D eigenvalue weighted by Crippen LogP contribution is 2.37. The van der Waals surface area contributed by atoms with Crippen molar-refractivity contribution in [3.63, 3.8) is 0 Å². The summed E-state index contributed by atoms with van der Waals surface area (Å²) in [5.74, 6) is 3.51. The van der Waals surface area contributed by atoms with Gasteiger partial charge in [-0.05, 0) is 30.5 Å². The zero-order valence-corrected chi connectivity index (χ0v) is 25.6. The minimum absolute atomic E-state index is 0.0611. The third-order valence-electron chi connectivity index (χ3n) is 6.99. The predicted octanol–water partition coefficient (Wildman–Crippen LogP) is 7.03. The van der Waals surface area contributed by atoms with E-state index in [9.17, 15) is 0 Å². The molecule has 0 aliphatic heterocycles. The molecule has 0 saturated carbocycles. The summed E-state index contributed by atoms with van der Waals surface area (Å²) in [4.78, 5) is 2.45. The first-order valence-electron chi connectivity index (χ1n) is 13.1. The average molecular weight is 630 g/mol. The summed E-state index contributed by atoms with van der Waals surface area (Å²) >= 11 is 2.17. The van der Waals surface area contributed by atoms with Crippen molar-refractivity contribution in [3.8, 4) is 9.85 Å². The summed E-state index contributed by atoms with van der Waals surface area (Å²) in [6.45, 7) is 9.10. The molecule has 0 aliphatic carbocycles. The highest BCUT2D eigenvalue weighted by Gasteiger charge is 2.50. The van der Waals surface area contributed by atoms with Gasteiger partial charge in [-0.3, -0.25) is 4.90 Å². The van der Waals surface area contributed by atoms with E-state index in [4.69, 9.17) is 4.43 Å². The molecule has 1 atom stereocenters. The van der Waals surface area contributed by atoms with Gasteiger partial charge < -0.3 is 4.43 Å². The van der Waals surface area contributed by atoms with Crippen LogP contribution in [0.3, 0.4) is 0 Å². The van der Waals surface area contributed by atoms with E-state index in [-0.39, 0.29) is 11.1 Å². The lowest BCUT2D eigenvalue weighted by Crippen LogP contribution is -2.67. The van der Waals surface area contributed by atoms with Gasteiger partial charge in [-0.25, -0.2) is 0 Å². The summed E-state index contributed by atoms with van der Waals surface area (Å²) in [5, 5.41) is 2.50. The second-order valence-corrected chi connectivity index (χ2v) is 15.5. The molecule has 0 heterocycles. The lowest BCUT2D eigenvalue weighted by Gasteiger charge is -2.44. The van der Waals surface area contributed by atoms with Crippen molar-refractivity contribution in [2.24, 2.45) is 0 Å². The molecule has 0 N–H and O–H groups in total. The maximum Gasteiger partial charge on any atom is 0.261 e. The second kappa shape index (κ2) is 13.4. The minimum Gasteiger partial charge on any atom is -0.405 e. The fourth-order valence-corrected chi connectivity index (χ4v) is 10.1. The minimum atomic E-state index is -2.67. The molecule has 0 radical (unpaired) electrons. The predicted molar refractivity (Wildman–Crippen MR) is 171 cm³/mol. The Labute approximate surface area is 243 Å². The Balaban J connectivity index is 1.74. The van der Waals surface area contributed by atoms with Crippen LogP contribution in [-0.4, -0.2) is 25.9 Å². The maximum atomic E-state index is 7.33. The molecule has 0 unspecified atom stereocenters. The standard InChI is InChI=1S/C34H36INOSi/c1-34(2,3)38(32-20-12-6-13-21-32,33-22-14-7-15-23-33)37-28-31(24-25-35)36(26-29-16-8-4-9-17-29)27-30-18-10-5-11-19-30/h4-23,31H,26-28H2,1-3H3/t31-/m0/s1. The molecule has 0 fully saturated rings. The van der Waals surface area contributed by atoms with E-state index in [1.165, 1.54) is 21.5 Å². The molecule has 4 aromatic carbocycles. The molecule has 2 nitrogen and oxygen atoms in total. The van der Waals surface area contributed by atoms with Gasteiger partial charge in [0.25, 0.3) is 8.32 Å². The van der Waals surface area contributed by atoms with E-state index < -0.39 is 8.32 Å². The molecule has 194 valence electrons. The van der Waals surface area contributed by atoms with E-state index in [0.717, 1.165) is 13.1 Å². The van der Waals surface area contributed by atoms with E-state index in [0.29, 0.717) is 6.61 Å². The van der Waals surface area contributed by atoms with E-state index in [2.05, 4.69) is 179 Å². The largest absolute Gasteiger partial charge is 0.405 e. The molecule has 4 heteroatoms. The Bertz CT molecular complexity index is 1230. The van der Waals surface area contributed by atoms with Crippen molar-refractivity contribution in [2.45, 2.75) is 44.9 Å². The van der Waals surface area contributed by atoms with Crippen molar-refractivity contribution >= 4 is 41.3 Å². The molecule has 0 amide bonds. The summed E-state index contributed by atoms with van der Waals surface area (Å²) in [7, 11) is -2.67. The summed E-state index contributed by atoms with van der Waals surface area (Å²) in [6, 6.07) is 42.9. The highest BCUT2D eigenvalue weighted by molar-refractivity contribution is 14.1. The van der Waals surface area contributed by atoms with Gasteiger partial charge in [0.1, 0.15) is 0 Å². The topological polar surface area (TPSA) is 12.5 Å². The van der Waals surface area contributed by atoms with E-state index >= 15 is 0 Å². The number of rotatable bonds is 10. The van der Waals surface area contributed by atoms with Gasteiger partial charge in [-0.2, -0.15) is 0 Å². The zero-order chi connectivity index (χ0) is 26.8. The molecule has 0 saturated heterocycles. The molecule has 0 spiro atoms. The van der Waals surface area contributed by atoms with Crippen molar-refractivity contribution in [1.29, 1.82) is 0 Å². The number of nitrogens with zero attached hydrogens (tertiary/aromatic N) is 1. The number of hydrogen-bond acceptors (Lipinski definition) is 2. The molecule has 4 rings (SSSR count). The van der Waals surface area contributed by atoms with Crippen LogP contribution in [0.15, 0.2) is 121 Å². The van der Waals surface area contributed by atoms with Crippen LogP contribution in [0.25, 0.3) is 0 Å². The van der Waals surface area contributed by atoms with E-state index in [1.54, 1.807) is 0 Å². The maximum absolute atomic E-state index is 7.33. The van der Waals surface area contributed by atoms with Gasteiger partial charge in [0, 0.05) is 35.7 Å². The SMILES string of the molecule is CC(C)(C)[Si](OC[C@H](C#CI)N(Cc1ccccc1)Cc1ccccc1)(c1ccccc1)c1ccccc1. The summed E-state index contributed by atoms with van der Waals surface area (Å²) in [6.07, 6.45) is 0. The van der Waals surface area contributed by atoms with Crippen molar-refractivity contribution in [2.75, 3.05) is 6.61 Å². The molecule has 4 aromatic rings. The van der Waals surface area contributed by atoms with Gasteiger partial charge in [-0.1, -0.05) is 148 Å². The van der Waals surface area contributed by atoms with Crippen LogP contribution in [0.5, 0.6) is 0 Å². The summed E-state index contributed by atoms with van der Waals surface area (Å²) in [5.41, 5.74) is 2.54. The number of hydrogen-bond donors (Lipinski definition) is 0. The lowest BCUT2D eigenvalue weighted by molar-refractivity contribution is 0.150. The summed E-state index contributed by atoms with van der Waals surface area (Å²) < 4.78 is 10.5. The normalized spacial score (nSPS) is 12.6. The fraction of sp³-hybridized carbons (Fsp3) is 0.235. The number of benzene rings is 4. The Hall–Kier alpha value is -2.69. The third kappa shape index (κ3) is 6.84. The van der Waals surface area contributed by atoms with E-state index in [1.807, 2.05) is 0 Å². The van der Waals surface area contributed by atoms with Crippen LogP contribution in [0.1, 0.15) is 31.9 Å². The second-order valence-electron chi connectivity index (χ2n) is 10.6. The van der Waals surface area contributed by atoms with Crippen LogP contribution in [0, 0.1) is 9.85 Å². The Morgan fingerprint density at radius 2 is 1.08 bits per heavy atom. The first kappa shape index (κ1) is 28.3. The molecular formula is C34H36INOSi. The van der Waals surface area contributed by atoms with Gasteiger partial charge in [0.2, 0.25) is 0 Å². The first-order valence-corrected chi connectivity index (χ1v) is 16.1. The Morgan fingerprint density at radius 1 is 0.684 bits per heavy atom. The van der Waals surface area contributed by atoms with Crippen molar-refractivity contribution < 1.29 is 4.43 Å². The van der Waals surface area contributed by atoms with Crippen LogP contribution in [-0.2, 0) is 17.5 Å². The average Bonchev–Trinajstić information content (AvgIpc) is 2.94. The molecular weight excluding hydrogens is 593 g/mol. The smallest absolute Gasteiger partial charge is 0.261 e. The quantitative estimate of drug-likeness (QED) is 0.106. The lowest BCUT2D eigenvalue weighted by atomic mass is 10.1. The molecule has 0 bridgehead atoms. The Kier molecular flexibility index (Phi) is 9.98. The van der Waals surface area contributed by atoms with Gasteiger partial charge >= 0.3 is 0 Å². The van der Waals surface area contributed by atoms with Gasteiger partial charge in [0.05, 0.1) is 12.6 Å². The third-order valence-corrected chi connectivity index (χ3v) is 12.3. The molecule has 0 aromatic heterocycles. The Morgan fingerprint density at radius 3 is 1.45 bits per heavy atom. The zero-order valence-electron chi connectivity index (χ0n) is 22.5. The van der Waals surface area contributed by atoms with Crippen molar-refractivity contribution in [3.05, 3.63) is 132 Å². The van der Waals surface area contributed by atoms with Crippen LogP contribution in [0.4, 0.5) is 0 Å². The van der Waals surface area contributed by atoms with Crippen LogP contribution >= 0.6 is 22.6 Å². The molecule has 0 aliphatic rings. The van der Waals surface area contributed by atoms with Gasteiger partial charge in [0.15, 0.2) is 0 Å². The first-order chi connectivity index (χ1) is 18.4. The number of halogens is 1. The van der Waals surface area contributed by atoms with Gasteiger partial charge in [-0.15, -0.1) is 0 Å². The van der Waals surface area contributed by atoms with Crippen LogP contribution in [0.2, 0.25) is 5.04 Å². The monoisotopic (exact) mass is 629 g/mol.